The third kappa shape index (κ3) is 3.19. The number of rotatable bonds is 6. The van der Waals surface area contributed by atoms with Crippen molar-refractivity contribution in [2.45, 2.75) is 13.8 Å². The van der Waals surface area contributed by atoms with E-state index in [0.717, 1.165) is 6.07 Å². The molecule has 0 aliphatic carbocycles. The highest BCUT2D eigenvalue weighted by Crippen LogP contribution is 2.39. The van der Waals surface area contributed by atoms with E-state index in [9.17, 15) is 9.18 Å². The Morgan fingerprint density at radius 1 is 1.09 bits per heavy atom. The van der Waals surface area contributed by atoms with Crippen LogP contribution in [0.2, 0.25) is 0 Å². The van der Waals surface area contributed by atoms with Crippen molar-refractivity contribution in [3.8, 4) is 22.6 Å². The number of hydrogen-bond donors (Lipinski definition) is 1. The number of benzene rings is 2. The SMILES string of the molecule is CCOc1cccc(OCC)c1-c1ccc(F)c(C(=O)O)c1. The predicted octanol–water partition coefficient (Wildman–Crippen LogP) is 3.99. The topological polar surface area (TPSA) is 55.8 Å². The van der Waals surface area contributed by atoms with Crippen LogP contribution >= 0.6 is 0 Å². The van der Waals surface area contributed by atoms with Gasteiger partial charge in [0.15, 0.2) is 0 Å². The number of halogens is 1. The smallest absolute Gasteiger partial charge is 0.338 e. The van der Waals surface area contributed by atoms with Crippen LogP contribution in [0.15, 0.2) is 36.4 Å². The number of ether oxygens (including phenoxy) is 2. The summed E-state index contributed by atoms with van der Waals surface area (Å²) < 4.78 is 24.8. The lowest BCUT2D eigenvalue weighted by atomic mass is 10.0. The molecule has 22 heavy (non-hydrogen) atoms. The zero-order valence-corrected chi connectivity index (χ0v) is 12.4. The molecule has 0 amide bonds. The maximum Gasteiger partial charge on any atom is 0.338 e. The van der Waals surface area contributed by atoms with E-state index in [2.05, 4.69) is 0 Å². The van der Waals surface area contributed by atoms with Crippen molar-refractivity contribution in [3.63, 3.8) is 0 Å². The number of aromatic carboxylic acids is 1. The minimum Gasteiger partial charge on any atom is -0.493 e. The average molecular weight is 304 g/mol. The number of carbonyl (C=O) groups is 1. The van der Waals surface area contributed by atoms with Gasteiger partial charge in [0.2, 0.25) is 0 Å². The van der Waals surface area contributed by atoms with Crippen LogP contribution in [0, 0.1) is 5.82 Å². The fourth-order valence-corrected chi connectivity index (χ4v) is 2.19. The van der Waals surface area contributed by atoms with E-state index in [1.54, 1.807) is 18.2 Å². The van der Waals surface area contributed by atoms with Gasteiger partial charge in [-0.15, -0.1) is 0 Å². The summed E-state index contributed by atoms with van der Waals surface area (Å²) >= 11 is 0. The first-order valence-corrected chi connectivity index (χ1v) is 7.00. The normalized spacial score (nSPS) is 10.3. The molecule has 0 radical (unpaired) electrons. The van der Waals surface area contributed by atoms with E-state index in [4.69, 9.17) is 14.6 Å². The van der Waals surface area contributed by atoms with E-state index < -0.39 is 11.8 Å². The molecular weight excluding hydrogens is 287 g/mol. The molecule has 0 atom stereocenters. The summed E-state index contributed by atoms with van der Waals surface area (Å²) in [6.45, 7) is 4.61. The first-order chi connectivity index (χ1) is 10.6. The molecule has 0 spiro atoms. The van der Waals surface area contributed by atoms with E-state index in [1.807, 2.05) is 13.8 Å². The van der Waals surface area contributed by atoms with Gasteiger partial charge in [0.05, 0.1) is 24.3 Å². The van der Waals surface area contributed by atoms with Gasteiger partial charge in [-0.2, -0.15) is 0 Å². The van der Waals surface area contributed by atoms with E-state index in [-0.39, 0.29) is 5.56 Å². The molecule has 1 N–H and O–H groups in total. The number of carboxylic acids is 1. The summed E-state index contributed by atoms with van der Waals surface area (Å²) in [5.41, 5.74) is 0.770. The van der Waals surface area contributed by atoms with Gasteiger partial charge >= 0.3 is 5.97 Å². The van der Waals surface area contributed by atoms with Crippen LogP contribution in [-0.2, 0) is 0 Å². The molecule has 116 valence electrons. The third-order valence-electron chi connectivity index (χ3n) is 3.07. The molecule has 2 aromatic carbocycles. The zero-order valence-electron chi connectivity index (χ0n) is 12.4. The largest absolute Gasteiger partial charge is 0.493 e. The molecule has 0 saturated heterocycles. The van der Waals surface area contributed by atoms with Gasteiger partial charge in [-0.1, -0.05) is 12.1 Å². The molecule has 2 rings (SSSR count). The summed E-state index contributed by atoms with van der Waals surface area (Å²) in [7, 11) is 0. The van der Waals surface area contributed by atoms with Gasteiger partial charge < -0.3 is 14.6 Å². The quantitative estimate of drug-likeness (QED) is 0.876. The lowest BCUT2D eigenvalue weighted by Gasteiger charge is -2.15. The van der Waals surface area contributed by atoms with Gasteiger partial charge in [0.25, 0.3) is 0 Å². The minimum atomic E-state index is -1.31. The summed E-state index contributed by atoms with van der Waals surface area (Å²) in [4.78, 5) is 11.1. The molecule has 0 saturated carbocycles. The number of carboxylic acid groups (broad SMARTS) is 1. The highest BCUT2D eigenvalue weighted by Gasteiger charge is 2.17. The molecular formula is C17H17FO4. The lowest BCUT2D eigenvalue weighted by Crippen LogP contribution is -2.02. The van der Waals surface area contributed by atoms with E-state index in [0.29, 0.717) is 35.8 Å². The Hall–Kier alpha value is -2.56. The molecule has 0 aliphatic rings. The Kier molecular flexibility index (Phi) is 4.99. The lowest BCUT2D eigenvalue weighted by molar-refractivity contribution is 0.0692. The van der Waals surface area contributed by atoms with Crippen LogP contribution in [0.5, 0.6) is 11.5 Å². The standard InChI is InChI=1S/C17H17FO4/c1-3-21-14-6-5-7-15(22-4-2)16(14)11-8-9-13(18)12(10-11)17(19)20/h5-10H,3-4H2,1-2H3,(H,19,20). The second-order valence-electron chi connectivity index (χ2n) is 4.50. The van der Waals surface area contributed by atoms with Crippen molar-refractivity contribution >= 4 is 5.97 Å². The molecule has 0 heterocycles. The maximum absolute atomic E-state index is 13.6. The molecule has 4 nitrogen and oxygen atoms in total. The number of hydrogen-bond acceptors (Lipinski definition) is 3. The first-order valence-electron chi connectivity index (χ1n) is 7.00. The molecule has 0 bridgehead atoms. The Labute approximate surface area is 128 Å². The van der Waals surface area contributed by atoms with Crippen LogP contribution in [0.4, 0.5) is 4.39 Å². The van der Waals surface area contributed by atoms with E-state index in [1.165, 1.54) is 12.1 Å². The molecule has 0 aromatic heterocycles. The van der Waals surface area contributed by atoms with Gasteiger partial charge in [-0.3, -0.25) is 0 Å². The minimum absolute atomic E-state index is 0.383. The van der Waals surface area contributed by atoms with E-state index >= 15 is 0 Å². The fourth-order valence-electron chi connectivity index (χ4n) is 2.19. The van der Waals surface area contributed by atoms with Crippen molar-refractivity contribution in [1.29, 1.82) is 0 Å². The maximum atomic E-state index is 13.6. The Balaban J connectivity index is 2.64. The van der Waals surface area contributed by atoms with Crippen LogP contribution in [-0.4, -0.2) is 24.3 Å². The second-order valence-corrected chi connectivity index (χ2v) is 4.50. The van der Waals surface area contributed by atoms with Crippen LogP contribution in [0.25, 0.3) is 11.1 Å². The van der Waals surface area contributed by atoms with Gasteiger partial charge in [-0.25, -0.2) is 9.18 Å². The Bertz CT molecular complexity index is 658. The molecule has 0 aliphatic heterocycles. The average Bonchev–Trinajstić information content (AvgIpc) is 2.49. The van der Waals surface area contributed by atoms with Crippen molar-refractivity contribution in [2.24, 2.45) is 0 Å². The zero-order chi connectivity index (χ0) is 16.1. The summed E-state index contributed by atoms with van der Waals surface area (Å²) in [6, 6.07) is 9.27. The first kappa shape index (κ1) is 15.8. The van der Waals surface area contributed by atoms with Crippen molar-refractivity contribution < 1.29 is 23.8 Å². The summed E-state index contributed by atoms with van der Waals surface area (Å²) in [5, 5.41) is 9.08. The van der Waals surface area contributed by atoms with Crippen molar-refractivity contribution in [1.82, 2.24) is 0 Å². The monoisotopic (exact) mass is 304 g/mol. The second kappa shape index (κ2) is 6.93. The predicted molar refractivity (Wildman–Crippen MR) is 81.1 cm³/mol. The van der Waals surface area contributed by atoms with Gasteiger partial charge in [0, 0.05) is 0 Å². The Morgan fingerprint density at radius 2 is 1.68 bits per heavy atom. The highest BCUT2D eigenvalue weighted by atomic mass is 19.1. The van der Waals surface area contributed by atoms with Crippen molar-refractivity contribution in [2.75, 3.05) is 13.2 Å². The van der Waals surface area contributed by atoms with Crippen molar-refractivity contribution in [3.05, 3.63) is 47.8 Å². The summed E-state index contributed by atoms with van der Waals surface area (Å²) in [5.74, 6) is -0.956. The third-order valence-corrected chi connectivity index (χ3v) is 3.07. The highest BCUT2D eigenvalue weighted by molar-refractivity contribution is 5.90. The van der Waals surface area contributed by atoms with Crippen LogP contribution in [0.1, 0.15) is 24.2 Å². The Morgan fingerprint density at radius 3 is 2.18 bits per heavy atom. The van der Waals surface area contributed by atoms with Crippen LogP contribution in [0.3, 0.4) is 0 Å². The molecule has 0 unspecified atom stereocenters. The fraction of sp³-hybridized carbons (Fsp3) is 0.235. The van der Waals surface area contributed by atoms with Gasteiger partial charge in [0.1, 0.15) is 17.3 Å². The molecule has 5 heteroatoms. The van der Waals surface area contributed by atoms with Gasteiger partial charge in [-0.05, 0) is 43.7 Å². The summed E-state index contributed by atoms with van der Waals surface area (Å²) in [6.07, 6.45) is 0. The van der Waals surface area contributed by atoms with Crippen LogP contribution < -0.4 is 9.47 Å². The molecule has 0 fully saturated rings. The molecule has 2 aromatic rings.